The fraction of sp³-hybridized carbons (Fsp3) is 0.235. The third-order valence-corrected chi connectivity index (χ3v) is 5.50. The number of hydrogen-bond donors (Lipinski definition) is 0. The van der Waals surface area contributed by atoms with E-state index in [1.807, 2.05) is 0 Å². The lowest BCUT2D eigenvalue weighted by Gasteiger charge is -2.17. The lowest BCUT2D eigenvalue weighted by molar-refractivity contribution is 0.259. The van der Waals surface area contributed by atoms with Gasteiger partial charge in [-0.05, 0) is 30.2 Å². The fourth-order valence-electron chi connectivity index (χ4n) is 2.40. The zero-order chi connectivity index (χ0) is 16.3. The number of halogens is 1. The van der Waals surface area contributed by atoms with Gasteiger partial charge in [0, 0.05) is 19.2 Å². The number of benzene rings is 1. The van der Waals surface area contributed by atoms with Gasteiger partial charge in [0.2, 0.25) is 10.0 Å². The molecule has 1 atom stereocenters. The van der Waals surface area contributed by atoms with E-state index in [0.717, 1.165) is 4.31 Å². The van der Waals surface area contributed by atoms with Crippen LogP contribution in [0.1, 0.15) is 12.1 Å². The molecule has 1 unspecified atom stereocenters. The molecule has 0 N–H and O–H groups in total. The summed E-state index contributed by atoms with van der Waals surface area (Å²) in [5.41, 5.74) is -1.38. The largest absolute Gasteiger partial charge is 0.248 e. The second-order valence-corrected chi connectivity index (χ2v) is 7.27. The van der Waals surface area contributed by atoms with Crippen molar-refractivity contribution in [2.24, 2.45) is 0 Å². The number of nitrogens with zero attached hydrogens (tertiary/aromatic N) is 2. The van der Waals surface area contributed by atoms with Crippen molar-refractivity contribution < 1.29 is 12.8 Å². The van der Waals surface area contributed by atoms with E-state index in [0.29, 0.717) is 5.69 Å². The van der Waals surface area contributed by atoms with Gasteiger partial charge in [0.25, 0.3) is 0 Å². The summed E-state index contributed by atoms with van der Waals surface area (Å²) in [7, 11) is -3.68. The topological polar surface area (TPSA) is 50.3 Å². The molecule has 1 fully saturated rings. The molecule has 0 radical (unpaired) electrons. The Morgan fingerprint density at radius 1 is 1.13 bits per heavy atom. The Morgan fingerprint density at radius 3 is 2.57 bits per heavy atom. The van der Waals surface area contributed by atoms with E-state index in [2.05, 4.69) is 16.8 Å². The Hall–Kier alpha value is -2.23. The summed E-state index contributed by atoms with van der Waals surface area (Å²) in [6, 6.07) is 13.2. The summed E-state index contributed by atoms with van der Waals surface area (Å²) in [5, 5.41) is 0. The summed E-state index contributed by atoms with van der Waals surface area (Å²) in [4.78, 5) is 4.18. The SMILES string of the molecule is O=S(=O)(c1ccccc1)N1CCC(F)(C#Cc2ccccn2)C1. The van der Waals surface area contributed by atoms with Gasteiger partial charge in [0.1, 0.15) is 5.69 Å². The molecule has 1 aromatic carbocycles. The van der Waals surface area contributed by atoms with Crippen LogP contribution in [0.2, 0.25) is 0 Å². The highest BCUT2D eigenvalue weighted by Crippen LogP contribution is 2.29. The van der Waals surface area contributed by atoms with Crippen molar-refractivity contribution >= 4 is 10.0 Å². The van der Waals surface area contributed by atoms with Crippen molar-refractivity contribution in [3.8, 4) is 11.8 Å². The first kappa shape index (κ1) is 15.7. The molecule has 118 valence electrons. The fourth-order valence-corrected chi connectivity index (χ4v) is 3.91. The molecular formula is C17H15FN2O2S. The number of alkyl halides is 1. The van der Waals surface area contributed by atoms with Crippen LogP contribution < -0.4 is 0 Å². The summed E-state index contributed by atoms with van der Waals surface area (Å²) in [6.07, 6.45) is 1.63. The molecule has 23 heavy (non-hydrogen) atoms. The average Bonchev–Trinajstić information content (AvgIpc) is 2.98. The summed E-state index contributed by atoms with van der Waals surface area (Å²) in [5.74, 6) is 5.22. The van der Waals surface area contributed by atoms with E-state index >= 15 is 0 Å². The molecule has 1 saturated heterocycles. The van der Waals surface area contributed by atoms with Gasteiger partial charge in [0.05, 0.1) is 11.4 Å². The highest BCUT2D eigenvalue weighted by Gasteiger charge is 2.42. The molecular weight excluding hydrogens is 315 g/mol. The maximum Gasteiger partial charge on any atom is 0.243 e. The van der Waals surface area contributed by atoms with Crippen molar-refractivity contribution in [3.05, 3.63) is 60.4 Å². The van der Waals surface area contributed by atoms with E-state index < -0.39 is 15.7 Å². The van der Waals surface area contributed by atoms with Gasteiger partial charge in [-0.2, -0.15) is 4.31 Å². The predicted molar refractivity (Wildman–Crippen MR) is 84.8 cm³/mol. The van der Waals surface area contributed by atoms with Gasteiger partial charge in [-0.1, -0.05) is 30.2 Å². The second-order valence-electron chi connectivity index (χ2n) is 5.33. The van der Waals surface area contributed by atoms with Crippen LogP contribution >= 0.6 is 0 Å². The molecule has 2 aromatic rings. The van der Waals surface area contributed by atoms with Crippen LogP contribution in [0, 0.1) is 11.8 Å². The Balaban J connectivity index is 1.79. The molecule has 6 heteroatoms. The first-order valence-electron chi connectivity index (χ1n) is 7.18. The molecule has 1 aliphatic heterocycles. The van der Waals surface area contributed by atoms with Gasteiger partial charge in [0.15, 0.2) is 5.67 Å². The Morgan fingerprint density at radius 2 is 1.87 bits per heavy atom. The van der Waals surface area contributed by atoms with Crippen LogP contribution in [0.25, 0.3) is 0 Å². The van der Waals surface area contributed by atoms with Crippen LogP contribution in [0.15, 0.2) is 59.6 Å². The average molecular weight is 330 g/mol. The molecule has 1 aliphatic rings. The number of pyridine rings is 1. The van der Waals surface area contributed by atoms with Gasteiger partial charge in [-0.15, -0.1) is 0 Å². The Labute approximate surface area is 135 Å². The normalized spacial score (nSPS) is 21.6. The van der Waals surface area contributed by atoms with E-state index in [-0.39, 0.29) is 24.4 Å². The zero-order valence-corrected chi connectivity index (χ0v) is 13.1. The first-order chi connectivity index (χ1) is 11.0. The van der Waals surface area contributed by atoms with Gasteiger partial charge in [-0.25, -0.2) is 17.8 Å². The van der Waals surface area contributed by atoms with Crippen LogP contribution in [-0.4, -0.2) is 36.5 Å². The minimum Gasteiger partial charge on any atom is -0.248 e. The van der Waals surface area contributed by atoms with Crippen molar-refractivity contribution in [1.29, 1.82) is 0 Å². The van der Waals surface area contributed by atoms with E-state index in [9.17, 15) is 12.8 Å². The number of sulfonamides is 1. The van der Waals surface area contributed by atoms with Crippen molar-refractivity contribution in [1.82, 2.24) is 9.29 Å². The molecule has 0 saturated carbocycles. The van der Waals surface area contributed by atoms with Crippen molar-refractivity contribution in [2.75, 3.05) is 13.1 Å². The highest BCUT2D eigenvalue weighted by atomic mass is 32.2. The molecule has 2 heterocycles. The summed E-state index contributed by atoms with van der Waals surface area (Å²) < 4.78 is 40.9. The molecule has 0 bridgehead atoms. The molecule has 3 rings (SSSR count). The van der Waals surface area contributed by atoms with E-state index in [1.165, 1.54) is 12.1 Å². The molecule has 0 amide bonds. The minimum atomic E-state index is -3.68. The number of rotatable bonds is 2. The maximum atomic E-state index is 14.8. The zero-order valence-electron chi connectivity index (χ0n) is 12.3. The highest BCUT2D eigenvalue weighted by molar-refractivity contribution is 7.89. The second kappa shape index (κ2) is 6.11. The standard InChI is InChI=1S/C17H15FN2O2S/c18-17(10-9-15-6-4-5-12-19-15)11-13-20(14-17)23(21,22)16-7-2-1-3-8-16/h1-8,12H,11,13-14H2. The van der Waals surface area contributed by atoms with Crippen LogP contribution in [0.5, 0.6) is 0 Å². The van der Waals surface area contributed by atoms with E-state index in [1.54, 1.807) is 42.6 Å². The summed E-state index contributed by atoms with van der Waals surface area (Å²) >= 11 is 0. The summed E-state index contributed by atoms with van der Waals surface area (Å²) in [6.45, 7) is -0.144. The quantitative estimate of drug-likeness (QED) is 0.794. The van der Waals surface area contributed by atoms with Crippen molar-refractivity contribution in [3.63, 3.8) is 0 Å². The third-order valence-electron chi connectivity index (χ3n) is 3.64. The van der Waals surface area contributed by atoms with Gasteiger partial charge in [-0.3, -0.25) is 0 Å². The lowest BCUT2D eigenvalue weighted by Crippen LogP contribution is -2.32. The molecule has 4 nitrogen and oxygen atoms in total. The Kier molecular flexibility index (Phi) is 4.16. The van der Waals surface area contributed by atoms with Crippen LogP contribution in [0.3, 0.4) is 0 Å². The number of aromatic nitrogens is 1. The van der Waals surface area contributed by atoms with Crippen LogP contribution in [0.4, 0.5) is 4.39 Å². The van der Waals surface area contributed by atoms with Crippen molar-refractivity contribution in [2.45, 2.75) is 17.0 Å². The van der Waals surface area contributed by atoms with Crippen LogP contribution in [-0.2, 0) is 10.0 Å². The lowest BCUT2D eigenvalue weighted by atomic mass is 10.1. The van der Waals surface area contributed by atoms with E-state index in [4.69, 9.17) is 0 Å². The molecule has 0 spiro atoms. The first-order valence-corrected chi connectivity index (χ1v) is 8.62. The minimum absolute atomic E-state index is 0.0545. The molecule has 0 aliphatic carbocycles. The smallest absolute Gasteiger partial charge is 0.243 e. The number of hydrogen-bond acceptors (Lipinski definition) is 3. The monoisotopic (exact) mass is 330 g/mol. The van der Waals surface area contributed by atoms with Gasteiger partial charge >= 0.3 is 0 Å². The Bertz CT molecular complexity index is 844. The molecule has 1 aromatic heterocycles. The predicted octanol–water partition coefficient (Wildman–Crippen LogP) is 2.24. The third kappa shape index (κ3) is 3.41. The maximum absolute atomic E-state index is 14.8. The van der Waals surface area contributed by atoms with Gasteiger partial charge < -0.3 is 0 Å².